The Labute approximate surface area is 182 Å². The first-order valence-corrected chi connectivity index (χ1v) is 13.0. The Hall–Kier alpha value is -0.670. The topological polar surface area (TPSA) is 38.3 Å². The minimum absolute atomic E-state index is 0.0193. The molecule has 1 N–H and O–H groups in total. The van der Waals surface area contributed by atoms with Crippen LogP contribution in [0.3, 0.4) is 0 Å². The minimum atomic E-state index is -0.0193. The van der Waals surface area contributed by atoms with Crippen molar-refractivity contribution in [3.8, 4) is 0 Å². The third-order valence-corrected chi connectivity index (χ3v) is 11.3. The fourth-order valence-electron chi connectivity index (χ4n) is 9.49. The summed E-state index contributed by atoms with van der Waals surface area (Å²) in [7, 11) is 0. The predicted molar refractivity (Wildman–Crippen MR) is 119 cm³/mol. The van der Waals surface area contributed by atoms with Crippen LogP contribution in [0.25, 0.3) is 0 Å². The number of hydrogen-bond acceptors (Lipinski definition) is 3. The van der Waals surface area contributed by atoms with Crippen LogP contribution in [0.1, 0.15) is 85.5 Å². The zero-order valence-corrected chi connectivity index (χ0v) is 19.5. The fourth-order valence-corrected chi connectivity index (χ4v) is 9.49. The van der Waals surface area contributed by atoms with Crippen molar-refractivity contribution in [2.45, 2.75) is 103 Å². The van der Waals surface area contributed by atoms with E-state index in [2.05, 4.69) is 33.0 Å². The second-order valence-electron chi connectivity index (χ2n) is 12.4. The Balaban J connectivity index is 1.33. The lowest BCUT2D eigenvalue weighted by Gasteiger charge is -2.52. The maximum absolute atomic E-state index is 12.2. The van der Waals surface area contributed by atoms with Crippen LogP contribution in [0.4, 0.5) is 0 Å². The summed E-state index contributed by atoms with van der Waals surface area (Å²) in [6.07, 6.45) is 10.9. The highest BCUT2D eigenvalue weighted by Crippen LogP contribution is 2.66. The van der Waals surface area contributed by atoms with Gasteiger partial charge in [-0.1, -0.05) is 26.3 Å². The molecule has 1 spiro atoms. The van der Waals surface area contributed by atoms with Crippen molar-refractivity contribution in [1.29, 1.82) is 0 Å². The van der Waals surface area contributed by atoms with Crippen molar-refractivity contribution >= 4 is 5.78 Å². The number of carbonyl (C=O) groups excluding carboxylic acids is 1. The van der Waals surface area contributed by atoms with E-state index in [1.165, 1.54) is 38.5 Å². The molecular weight excluding hydrogens is 370 g/mol. The number of piperidine rings is 1. The number of fused-ring (bicyclic) bond motifs is 6. The predicted octanol–water partition coefficient (Wildman–Crippen LogP) is 5.29. The Bertz CT molecular complexity index is 788. The van der Waals surface area contributed by atoms with E-state index in [0.717, 1.165) is 49.5 Å². The van der Waals surface area contributed by atoms with Gasteiger partial charge in [0.2, 0.25) is 0 Å². The monoisotopic (exact) mass is 411 g/mol. The van der Waals surface area contributed by atoms with Gasteiger partial charge in [-0.15, -0.1) is 0 Å². The Morgan fingerprint density at radius 3 is 2.77 bits per heavy atom. The highest BCUT2D eigenvalue weighted by atomic mass is 16.5. The van der Waals surface area contributed by atoms with Crippen molar-refractivity contribution < 1.29 is 9.53 Å². The average molecular weight is 412 g/mol. The summed E-state index contributed by atoms with van der Waals surface area (Å²) in [4.78, 5) is 12.2. The molecule has 10 atom stereocenters. The first-order valence-electron chi connectivity index (χ1n) is 13.0. The molecule has 5 unspecified atom stereocenters. The summed E-state index contributed by atoms with van der Waals surface area (Å²) in [6.45, 7) is 11.0. The molecule has 4 aliphatic carbocycles. The van der Waals surface area contributed by atoms with Gasteiger partial charge in [-0.2, -0.15) is 0 Å². The van der Waals surface area contributed by atoms with Crippen molar-refractivity contribution in [2.24, 2.45) is 40.9 Å². The lowest BCUT2D eigenvalue weighted by atomic mass is 9.52. The molecule has 3 heteroatoms. The molecule has 0 radical (unpaired) electrons. The van der Waals surface area contributed by atoms with E-state index in [1.807, 2.05) is 0 Å². The van der Waals surface area contributed by atoms with Crippen molar-refractivity contribution in [1.82, 2.24) is 5.32 Å². The summed E-state index contributed by atoms with van der Waals surface area (Å²) < 4.78 is 7.03. The maximum atomic E-state index is 12.2. The van der Waals surface area contributed by atoms with Crippen LogP contribution in [0.15, 0.2) is 11.1 Å². The molecule has 0 bridgehead atoms. The number of carbonyl (C=O) groups is 1. The highest BCUT2D eigenvalue weighted by Gasteiger charge is 2.61. The first-order chi connectivity index (χ1) is 14.3. The first kappa shape index (κ1) is 20.0. The molecule has 2 saturated heterocycles. The molecule has 2 aliphatic heterocycles. The molecule has 166 valence electrons. The van der Waals surface area contributed by atoms with E-state index < -0.39 is 0 Å². The quantitative estimate of drug-likeness (QED) is 0.551. The molecule has 0 aromatic carbocycles. The standard InChI is InChI=1S/C27H41NO2/c1-15-11-24-25(28-14-15)17(3)27(30-24)10-8-20-21-6-5-18-12-19(29)7-9-26(18,4)23(21)13-22(20)16(27)2/h15,17-18,20-21,23-25,28H,5-14H2,1-4H3/t15?,17-,18-,20+,21?,23+,24-,25?,26?,27?/m1/s1. The van der Waals surface area contributed by atoms with Crippen LogP contribution in [0.5, 0.6) is 0 Å². The van der Waals surface area contributed by atoms with E-state index >= 15 is 0 Å². The number of Topliss-reactive ketones (excluding diaryl/α,β-unsaturated/α-hetero) is 1. The largest absolute Gasteiger partial charge is 0.365 e. The maximum Gasteiger partial charge on any atom is 0.133 e. The molecule has 6 aliphatic rings. The summed E-state index contributed by atoms with van der Waals surface area (Å²) in [5, 5.41) is 3.85. The highest BCUT2D eigenvalue weighted by molar-refractivity contribution is 5.79. The van der Waals surface area contributed by atoms with Gasteiger partial charge < -0.3 is 10.1 Å². The van der Waals surface area contributed by atoms with Gasteiger partial charge in [-0.25, -0.2) is 0 Å². The summed E-state index contributed by atoms with van der Waals surface area (Å²) in [6, 6.07) is 0.531. The van der Waals surface area contributed by atoms with E-state index in [0.29, 0.717) is 35.2 Å². The van der Waals surface area contributed by atoms with Crippen LogP contribution in [0.2, 0.25) is 0 Å². The molecule has 0 amide bonds. The molecule has 30 heavy (non-hydrogen) atoms. The van der Waals surface area contributed by atoms with Gasteiger partial charge >= 0.3 is 0 Å². The van der Waals surface area contributed by atoms with Gasteiger partial charge in [0.15, 0.2) is 0 Å². The Kier molecular flexibility index (Phi) is 4.44. The zero-order chi connectivity index (χ0) is 20.8. The van der Waals surface area contributed by atoms with Crippen LogP contribution < -0.4 is 5.32 Å². The molecule has 6 rings (SSSR count). The average Bonchev–Trinajstić information content (AvgIpc) is 3.23. The van der Waals surface area contributed by atoms with E-state index in [-0.39, 0.29) is 5.60 Å². The Morgan fingerprint density at radius 2 is 1.93 bits per heavy atom. The molecule has 5 fully saturated rings. The third-order valence-electron chi connectivity index (χ3n) is 11.3. The molecule has 3 saturated carbocycles. The van der Waals surface area contributed by atoms with Crippen LogP contribution in [-0.2, 0) is 9.53 Å². The Morgan fingerprint density at radius 1 is 1.10 bits per heavy atom. The molecule has 2 heterocycles. The lowest BCUT2D eigenvalue weighted by Crippen LogP contribution is -2.49. The summed E-state index contributed by atoms with van der Waals surface area (Å²) in [5.41, 5.74) is 3.78. The van der Waals surface area contributed by atoms with Gasteiger partial charge in [0.05, 0.1) is 11.7 Å². The molecular formula is C27H41NO2. The van der Waals surface area contributed by atoms with Crippen molar-refractivity contribution in [3.63, 3.8) is 0 Å². The second-order valence-corrected chi connectivity index (χ2v) is 12.4. The smallest absolute Gasteiger partial charge is 0.133 e. The number of ketones is 1. The number of ether oxygens (including phenoxy) is 1. The summed E-state index contributed by atoms with van der Waals surface area (Å²) in [5.74, 6) is 4.91. The van der Waals surface area contributed by atoms with Gasteiger partial charge in [-0.3, -0.25) is 4.79 Å². The van der Waals surface area contributed by atoms with Gasteiger partial charge in [0.1, 0.15) is 5.78 Å². The molecule has 0 aromatic rings. The van der Waals surface area contributed by atoms with Crippen LogP contribution in [0, 0.1) is 40.9 Å². The fraction of sp³-hybridized carbons (Fsp3) is 0.889. The molecule has 0 aromatic heterocycles. The van der Waals surface area contributed by atoms with Crippen molar-refractivity contribution in [2.75, 3.05) is 6.54 Å². The van der Waals surface area contributed by atoms with E-state index in [1.54, 1.807) is 11.1 Å². The van der Waals surface area contributed by atoms with Gasteiger partial charge in [-0.05, 0) is 99.0 Å². The molecule has 3 nitrogen and oxygen atoms in total. The van der Waals surface area contributed by atoms with Gasteiger partial charge in [0.25, 0.3) is 0 Å². The second kappa shape index (κ2) is 6.67. The SMILES string of the molecule is CC1=C2C[C@H]3C(CC[C@@H]4CC(=O)CCC43C)[C@@H]2CCC12O[C@@H]1CC(C)CNC1[C@H]2C. The van der Waals surface area contributed by atoms with E-state index in [4.69, 9.17) is 4.74 Å². The minimum Gasteiger partial charge on any atom is -0.365 e. The van der Waals surface area contributed by atoms with Gasteiger partial charge in [0, 0.05) is 24.8 Å². The normalized spacial score (nSPS) is 55.3. The lowest BCUT2D eigenvalue weighted by molar-refractivity contribution is -0.129. The number of nitrogens with one attached hydrogen (secondary N) is 1. The van der Waals surface area contributed by atoms with Crippen LogP contribution >= 0.6 is 0 Å². The number of hydrogen-bond donors (Lipinski definition) is 1. The summed E-state index contributed by atoms with van der Waals surface area (Å²) >= 11 is 0. The van der Waals surface area contributed by atoms with Crippen molar-refractivity contribution in [3.05, 3.63) is 11.1 Å². The van der Waals surface area contributed by atoms with E-state index in [9.17, 15) is 4.79 Å². The number of rotatable bonds is 0. The third kappa shape index (κ3) is 2.54. The zero-order valence-electron chi connectivity index (χ0n) is 19.5. The number of allylic oxidation sites excluding steroid dienone is 1. The van der Waals surface area contributed by atoms with Crippen LogP contribution in [-0.4, -0.2) is 30.1 Å².